The molecule has 0 aliphatic heterocycles. The number of hydrogen-bond acceptors (Lipinski definition) is 3. The zero-order valence-corrected chi connectivity index (χ0v) is 14.8. The fourth-order valence-corrected chi connectivity index (χ4v) is 3.31. The highest BCUT2D eigenvalue weighted by atomic mass is 35.5. The molecule has 0 unspecified atom stereocenters. The number of nitrogens with zero attached hydrogens (tertiary/aromatic N) is 1. The Balaban J connectivity index is 1.55. The molecule has 1 aromatic heterocycles. The van der Waals surface area contributed by atoms with Crippen LogP contribution < -0.4 is 5.32 Å². The van der Waals surface area contributed by atoms with Crippen molar-refractivity contribution >= 4 is 45.9 Å². The summed E-state index contributed by atoms with van der Waals surface area (Å²) in [5.41, 5.74) is 2.74. The van der Waals surface area contributed by atoms with E-state index in [0.717, 1.165) is 27.2 Å². The van der Waals surface area contributed by atoms with Gasteiger partial charge in [-0.25, -0.2) is 4.98 Å². The predicted molar refractivity (Wildman–Crippen MR) is 102 cm³/mol. The minimum atomic E-state index is -0.0198. The van der Waals surface area contributed by atoms with Crippen LogP contribution in [0.3, 0.4) is 0 Å². The van der Waals surface area contributed by atoms with Crippen LogP contribution in [0.1, 0.15) is 12.0 Å². The molecule has 3 aromatic rings. The number of para-hydroxylation sites is 1. The van der Waals surface area contributed by atoms with Gasteiger partial charge in [0.25, 0.3) is 0 Å². The number of aryl methyl sites for hydroxylation is 1. The number of benzene rings is 2. The first-order valence-electron chi connectivity index (χ1n) is 7.66. The van der Waals surface area contributed by atoms with Crippen molar-refractivity contribution in [3.05, 3.63) is 65.2 Å². The van der Waals surface area contributed by atoms with Gasteiger partial charge in [0, 0.05) is 28.3 Å². The quantitative estimate of drug-likeness (QED) is 0.629. The number of hydrogen-bond donors (Lipinski definition) is 1. The van der Waals surface area contributed by atoms with Crippen molar-refractivity contribution in [1.82, 2.24) is 4.98 Å². The molecule has 1 amide bonds. The number of rotatable bonds is 5. The van der Waals surface area contributed by atoms with E-state index < -0.39 is 0 Å². The molecular formula is C19H17ClN2OS. The van der Waals surface area contributed by atoms with Crippen LogP contribution in [-0.4, -0.2) is 16.6 Å². The third-order valence-electron chi connectivity index (χ3n) is 3.63. The maximum atomic E-state index is 12.1. The van der Waals surface area contributed by atoms with Crippen molar-refractivity contribution in [3.63, 3.8) is 0 Å². The number of amides is 1. The first-order valence-corrected chi connectivity index (χ1v) is 9.03. The third-order valence-corrected chi connectivity index (χ3v) is 4.79. The SMILES string of the molecule is Cc1ccc(Cl)cc1NC(=O)CCSc1ccc2ccccc2n1. The third kappa shape index (κ3) is 4.28. The summed E-state index contributed by atoms with van der Waals surface area (Å²) in [5, 5.41) is 5.58. The van der Waals surface area contributed by atoms with Gasteiger partial charge in [0.05, 0.1) is 10.5 Å². The average Bonchev–Trinajstić information content (AvgIpc) is 2.58. The molecule has 0 radical (unpaired) electrons. The van der Waals surface area contributed by atoms with Crippen LogP contribution >= 0.6 is 23.4 Å². The summed E-state index contributed by atoms with van der Waals surface area (Å²) in [6.07, 6.45) is 0.422. The molecule has 0 aliphatic rings. The molecule has 0 spiro atoms. The van der Waals surface area contributed by atoms with Crippen LogP contribution in [0.15, 0.2) is 59.6 Å². The number of pyridine rings is 1. The summed E-state index contributed by atoms with van der Waals surface area (Å²) in [4.78, 5) is 16.7. The Morgan fingerprint density at radius 2 is 2.00 bits per heavy atom. The van der Waals surface area contributed by atoms with Gasteiger partial charge in [0.2, 0.25) is 5.91 Å². The molecular weight excluding hydrogens is 340 g/mol. The average molecular weight is 357 g/mol. The second-order valence-corrected chi connectivity index (χ2v) is 7.00. The number of carbonyl (C=O) groups is 1. The van der Waals surface area contributed by atoms with Gasteiger partial charge in [-0.1, -0.05) is 41.9 Å². The van der Waals surface area contributed by atoms with E-state index in [1.807, 2.05) is 49.4 Å². The van der Waals surface area contributed by atoms with E-state index in [1.54, 1.807) is 17.8 Å². The normalized spacial score (nSPS) is 10.8. The highest BCUT2D eigenvalue weighted by Crippen LogP contribution is 2.22. The molecule has 1 N–H and O–H groups in total. The summed E-state index contributed by atoms with van der Waals surface area (Å²) in [6, 6.07) is 17.5. The second kappa shape index (κ2) is 7.69. The second-order valence-electron chi connectivity index (χ2n) is 5.45. The van der Waals surface area contributed by atoms with Crippen LogP contribution in [0.5, 0.6) is 0 Å². The molecule has 2 aromatic carbocycles. The zero-order valence-electron chi connectivity index (χ0n) is 13.3. The van der Waals surface area contributed by atoms with Crippen molar-refractivity contribution in [2.24, 2.45) is 0 Å². The van der Waals surface area contributed by atoms with Gasteiger partial charge >= 0.3 is 0 Å². The highest BCUT2D eigenvalue weighted by Gasteiger charge is 2.06. The topological polar surface area (TPSA) is 42.0 Å². The van der Waals surface area contributed by atoms with Crippen LogP contribution in [0.4, 0.5) is 5.69 Å². The lowest BCUT2D eigenvalue weighted by Gasteiger charge is -2.08. The molecule has 0 saturated carbocycles. The molecule has 0 bridgehead atoms. The Morgan fingerprint density at radius 1 is 1.17 bits per heavy atom. The highest BCUT2D eigenvalue weighted by molar-refractivity contribution is 7.99. The molecule has 0 atom stereocenters. The fourth-order valence-electron chi connectivity index (χ4n) is 2.32. The molecule has 1 heterocycles. The lowest BCUT2D eigenvalue weighted by atomic mass is 10.2. The van der Waals surface area contributed by atoms with Crippen LogP contribution in [-0.2, 0) is 4.79 Å². The Morgan fingerprint density at radius 3 is 2.88 bits per heavy atom. The Bertz CT molecular complexity index is 882. The van der Waals surface area contributed by atoms with Gasteiger partial charge in [-0.2, -0.15) is 0 Å². The summed E-state index contributed by atoms with van der Waals surface area (Å²) >= 11 is 7.55. The Labute approximate surface area is 150 Å². The molecule has 0 fully saturated rings. The summed E-state index contributed by atoms with van der Waals surface area (Å²) in [7, 11) is 0. The van der Waals surface area contributed by atoms with Gasteiger partial charge in [-0.3, -0.25) is 4.79 Å². The number of carbonyl (C=O) groups excluding carboxylic acids is 1. The number of fused-ring (bicyclic) bond motifs is 1. The Kier molecular flexibility index (Phi) is 5.38. The largest absolute Gasteiger partial charge is 0.326 e. The van der Waals surface area contributed by atoms with Crippen LogP contribution in [0.2, 0.25) is 5.02 Å². The molecule has 122 valence electrons. The van der Waals surface area contributed by atoms with E-state index in [4.69, 9.17) is 11.6 Å². The minimum absolute atomic E-state index is 0.0198. The number of thioether (sulfide) groups is 1. The van der Waals surface area contributed by atoms with Crippen molar-refractivity contribution < 1.29 is 4.79 Å². The maximum absolute atomic E-state index is 12.1. The van der Waals surface area contributed by atoms with Gasteiger partial charge in [0.1, 0.15) is 0 Å². The number of halogens is 1. The molecule has 3 nitrogen and oxygen atoms in total. The monoisotopic (exact) mass is 356 g/mol. The molecule has 5 heteroatoms. The number of nitrogens with one attached hydrogen (secondary N) is 1. The van der Waals surface area contributed by atoms with E-state index in [9.17, 15) is 4.79 Å². The van der Waals surface area contributed by atoms with E-state index >= 15 is 0 Å². The fraction of sp³-hybridized carbons (Fsp3) is 0.158. The van der Waals surface area contributed by atoms with Gasteiger partial charge in [-0.05, 0) is 36.8 Å². The standard InChI is InChI=1S/C19H17ClN2OS/c1-13-6-8-15(20)12-17(13)21-18(23)10-11-24-19-9-7-14-4-2-3-5-16(14)22-19/h2-9,12H,10-11H2,1H3,(H,21,23). The van der Waals surface area contributed by atoms with E-state index in [0.29, 0.717) is 17.2 Å². The van der Waals surface area contributed by atoms with Crippen LogP contribution in [0.25, 0.3) is 10.9 Å². The first kappa shape index (κ1) is 16.8. The van der Waals surface area contributed by atoms with Gasteiger partial charge in [-0.15, -0.1) is 11.8 Å². The summed E-state index contributed by atoms with van der Waals surface area (Å²) < 4.78 is 0. The molecule has 24 heavy (non-hydrogen) atoms. The van der Waals surface area contributed by atoms with Gasteiger partial charge in [0.15, 0.2) is 0 Å². The summed E-state index contributed by atoms with van der Waals surface area (Å²) in [5.74, 6) is 0.658. The number of aromatic nitrogens is 1. The molecule has 0 aliphatic carbocycles. The summed E-state index contributed by atoms with van der Waals surface area (Å²) in [6.45, 7) is 1.94. The Hall–Kier alpha value is -2.04. The van der Waals surface area contributed by atoms with E-state index in [1.165, 1.54) is 0 Å². The smallest absolute Gasteiger partial charge is 0.225 e. The minimum Gasteiger partial charge on any atom is -0.326 e. The van der Waals surface area contributed by atoms with Crippen molar-refractivity contribution in [2.45, 2.75) is 18.4 Å². The molecule has 3 rings (SSSR count). The first-order chi connectivity index (χ1) is 11.6. The van der Waals surface area contributed by atoms with Crippen LogP contribution in [0, 0.1) is 6.92 Å². The number of anilines is 1. The van der Waals surface area contributed by atoms with E-state index in [2.05, 4.69) is 16.4 Å². The molecule has 0 saturated heterocycles. The lowest BCUT2D eigenvalue weighted by Crippen LogP contribution is -2.13. The van der Waals surface area contributed by atoms with Crippen molar-refractivity contribution in [1.29, 1.82) is 0 Å². The lowest BCUT2D eigenvalue weighted by molar-refractivity contribution is -0.115. The maximum Gasteiger partial charge on any atom is 0.225 e. The van der Waals surface area contributed by atoms with Crippen molar-refractivity contribution in [2.75, 3.05) is 11.1 Å². The van der Waals surface area contributed by atoms with Crippen molar-refractivity contribution in [3.8, 4) is 0 Å². The van der Waals surface area contributed by atoms with E-state index in [-0.39, 0.29) is 5.91 Å². The van der Waals surface area contributed by atoms with Gasteiger partial charge < -0.3 is 5.32 Å². The zero-order chi connectivity index (χ0) is 16.9. The predicted octanol–water partition coefficient (Wildman–Crippen LogP) is 5.32.